The number of halogens is 2. The number of nitrogens with zero attached hydrogens (tertiary/aromatic N) is 6. The summed E-state index contributed by atoms with van der Waals surface area (Å²) >= 11 is 0. The van der Waals surface area contributed by atoms with E-state index in [1.165, 1.54) is 12.1 Å². The molecule has 0 N–H and O–H groups in total. The van der Waals surface area contributed by atoms with Crippen molar-refractivity contribution in [1.82, 2.24) is 24.9 Å². The van der Waals surface area contributed by atoms with Crippen molar-refractivity contribution in [2.75, 3.05) is 11.4 Å². The Kier molecular flexibility index (Phi) is 5.47. The summed E-state index contributed by atoms with van der Waals surface area (Å²) in [5.41, 5.74) is 4.03. The molecule has 0 saturated carbocycles. The van der Waals surface area contributed by atoms with Crippen molar-refractivity contribution in [2.45, 2.75) is 39.5 Å². The molecule has 7 nitrogen and oxygen atoms in total. The monoisotopic (exact) mass is 460 g/mol. The van der Waals surface area contributed by atoms with Gasteiger partial charge in [-0.2, -0.15) is 0 Å². The average molecular weight is 460 g/mol. The van der Waals surface area contributed by atoms with Gasteiger partial charge in [-0.05, 0) is 51.5 Å². The van der Waals surface area contributed by atoms with Crippen LogP contribution in [0.3, 0.4) is 0 Å². The van der Waals surface area contributed by atoms with Gasteiger partial charge >= 0.3 is 0 Å². The van der Waals surface area contributed by atoms with Crippen LogP contribution in [-0.2, 0) is 4.79 Å². The first-order valence-corrected chi connectivity index (χ1v) is 11.0. The average Bonchev–Trinajstić information content (AvgIpc) is 2.80. The van der Waals surface area contributed by atoms with E-state index in [1.54, 1.807) is 17.2 Å². The number of pyridine rings is 1. The van der Waals surface area contributed by atoms with E-state index in [1.807, 2.05) is 26.8 Å². The maximum Gasteiger partial charge on any atom is 0.227 e. The van der Waals surface area contributed by atoms with Crippen molar-refractivity contribution >= 4 is 22.8 Å². The van der Waals surface area contributed by atoms with Gasteiger partial charge in [-0.15, -0.1) is 0 Å². The molecule has 1 aromatic carbocycles. The van der Waals surface area contributed by atoms with Crippen LogP contribution < -0.4 is 4.90 Å². The third-order valence-corrected chi connectivity index (χ3v) is 6.11. The van der Waals surface area contributed by atoms with Crippen molar-refractivity contribution in [3.63, 3.8) is 0 Å². The molecule has 34 heavy (non-hydrogen) atoms. The highest BCUT2D eigenvalue weighted by Gasteiger charge is 2.31. The molecule has 4 aromatic rings. The number of fused-ring (bicyclic) bond motifs is 1. The number of aryl methyl sites for hydroxylation is 3. The number of rotatable bonds is 3. The van der Waals surface area contributed by atoms with Gasteiger partial charge in [-0.1, -0.05) is 0 Å². The Morgan fingerprint density at radius 1 is 0.971 bits per heavy atom. The van der Waals surface area contributed by atoms with Gasteiger partial charge in [-0.25, -0.2) is 28.7 Å². The predicted molar refractivity (Wildman–Crippen MR) is 123 cm³/mol. The molecule has 1 aliphatic rings. The molecule has 3 aromatic heterocycles. The quantitative estimate of drug-likeness (QED) is 0.444. The second-order valence-electron chi connectivity index (χ2n) is 8.52. The number of benzene rings is 1. The van der Waals surface area contributed by atoms with E-state index in [0.717, 1.165) is 17.4 Å². The van der Waals surface area contributed by atoms with E-state index in [0.29, 0.717) is 47.8 Å². The topological polar surface area (TPSA) is 84.8 Å². The smallest absolute Gasteiger partial charge is 0.227 e. The minimum atomic E-state index is -0.737. The normalized spacial score (nSPS) is 16.3. The molecule has 0 aliphatic carbocycles. The number of amides is 1. The van der Waals surface area contributed by atoms with E-state index in [-0.39, 0.29) is 23.1 Å². The first-order valence-electron chi connectivity index (χ1n) is 11.0. The van der Waals surface area contributed by atoms with Crippen molar-refractivity contribution in [2.24, 2.45) is 0 Å². The van der Waals surface area contributed by atoms with Gasteiger partial charge in [-0.3, -0.25) is 9.78 Å². The standard InChI is InChI=1S/C25H22F2N6O/c1-13-10-18(8-9-28-13)33-12-16(4-7-21(33)34)24-31-22(19-6-5-17(26)11-20(19)27)23-25(32-24)30-15(3)14(2)29-23/h5-6,8-11,16H,4,7,12H2,1-3H3/t16-/m1/s1. The summed E-state index contributed by atoms with van der Waals surface area (Å²) in [6.07, 6.45) is 2.55. The first-order chi connectivity index (χ1) is 16.3. The van der Waals surface area contributed by atoms with Crippen molar-refractivity contribution in [3.05, 3.63) is 71.1 Å². The number of hydrogen-bond donors (Lipinski definition) is 0. The number of carbonyl (C=O) groups excluding carboxylic acids is 1. The predicted octanol–water partition coefficient (Wildman–Crippen LogP) is 4.60. The number of piperidine rings is 1. The summed E-state index contributed by atoms with van der Waals surface area (Å²) in [6, 6.07) is 7.02. The maximum absolute atomic E-state index is 14.8. The Balaban J connectivity index is 1.63. The molecule has 0 spiro atoms. The molecule has 0 bridgehead atoms. The fourth-order valence-electron chi connectivity index (χ4n) is 4.19. The number of carbonyl (C=O) groups is 1. The van der Waals surface area contributed by atoms with Crippen LogP contribution in [0.5, 0.6) is 0 Å². The van der Waals surface area contributed by atoms with E-state index in [4.69, 9.17) is 4.98 Å². The van der Waals surface area contributed by atoms with Gasteiger partial charge in [0.25, 0.3) is 0 Å². The third kappa shape index (κ3) is 3.98. The molecule has 1 saturated heterocycles. The number of hydrogen-bond acceptors (Lipinski definition) is 6. The lowest BCUT2D eigenvalue weighted by Gasteiger charge is -2.32. The summed E-state index contributed by atoms with van der Waals surface area (Å²) in [4.78, 5) is 37.1. The molecule has 4 heterocycles. The SMILES string of the molecule is Cc1cc(N2C[C@H](c3nc(-c4ccc(F)cc4F)c4nc(C)c(C)nc4n3)CCC2=O)ccn1. The highest BCUT2D eigenvalue weighted by atomic mass is 19.1. The van der Waals surface area contributed by atoms with Crippen LogP contribution in [0.25, 0.3) is 22.4 Å². The van der Waals surface area contributed by atoms with Gasteiger partial charge in [0, 0.05) is 48.1 Å². The van der Waals surface area contributed by atoms with Gasteiger partial charge in [0.1, 0.15) is 28.7 Å². The van der Waals surface area contributed by atoms with Gasteiger partial charge < -0.3 is 4.90 Å². The van der Waals surface area contributed by atoms with E-state index in [9.17, 15) is 13.6 Å². The Hall–Kier alpha value is -3.88. The van der Waals surface area contributed by atoms with Crippen LogP contribution in [0.4, 0.5) is 14.5 Å². The molecular weight excluding hydrogens is 438 g/mol. The highest BCUT2D eigenvalue weighted by Crippen LogP contribution is 2.33. The van der Waals surface area contributed by atoms with Crippen molar-refractivity contribution in [3.8, 4) is 11.3 Å². The van der Waals surface area contributed by atoms with Crippen LogP contribution in [0.1, 0.15) is 41.7 Å². The van der Waals surface area contributed by atoms with Crippen LogP contribution in [0.15, 0.2) is 36.5 Å². The fourth-order valence-corrected chi connectivity index (χ4v) is 4.19. The molecule has 1 atom stereocenters. The summed E-state index contributed by atoms with van der Waals surface area (Å²) in [5.74, 6) is -1.14. The van der Waals surface area contributed by atoms with Crippen LogP contribution in [0, 0.1) is 32.4 Å². The van der Waals surface area contributed by atoms with Gasteiger partial charge in [0.05, 0.1) is 11.4 Å². The Morgan fingerprint density at radius 2 is 1.76 bits per heavy atom. The van der Waals surface area contributed by atoms with Crippen LogP contribution >= 0.6 is 0 Å². The molecule has 1 fully saturated rings. The highest BCUT2D eigenvalue weighted by molar-refractivity contribution is 5.94. The Morgan fingerprint density at radius 3 is 2.53 bits per heavy atom. The van der Waals surface area contributed by atoms with Crippen LogP contribution in [-0.4, -0.2) is 37.4 Å². The first kappa shape index (κ1) is 21.9. The molecule has 5 rings (SSSR count). The largest absolute Gasteiger partial charge is 0.312 e. The zero-order chi connectivity index (χ0) is 24.0. The second kappa shape index (κ2) is 8.48. The van der Waals surface area contributed by atoms with Crippen molar-refractivity contribution in [1.29, 1.82) is 0 Å². The molecule has 172 valence electrons. The lowest BCUT2D eigenvalue weighted by Crippen LogP contribution is -2.39. The zero-order valence-electron chi connectivity index (χ0n) is 19.0. The lowest BCUT2D eigenvalue weighted by molar-refractivity contribution is -0.119. The van der Waals surface area contributed by atoms with Crippen LogP contribution in [0.2, 0.25) is 0 Å². The summed E-state index contributed by atoms with van der Waals surface area (Å²) in [5, 5.41) is 0. The fraction of sp³-hybridized carbons (Fsp3) is 0.280. The molecular formula is C25H22F2N6O. The summed E-state index contributed by atoms with van der Waals surface area (Å²) in [7, 11) is 0. The number of aromatic nitrogens is 5. The molecule has 0 unspecified atom stereocenters. The molecule has 9 heteroatoms. The molecule has 0 radical (unpaired) electrons. The lowest BCUT2D eigenvalue weighted by atomic mass is 9.95. The molecule has 1 amide bonds. The van der Waals surface area contributed by atoms with Gasteiger partial charge in [0.15, 0.2) is 5.65 Å². The minimum absolute atomic E-state index is 0.0127. The molecule has 1 aliphatic heterocycles. The third-order valence-electron chi connectivity index (χ3n) is 6.11. The minimum Gasteiger partial charge on any atom is -0.312 e. The van der Waals surface area contributed by atoms with E-state index in [2.05, 4.69) is 19.9 Å². The van der Waals surface area contributed by atoms with E-state index < -0.39 is 11.6 Å². The Labute approximate surface area is 194 Å². The maximum atomic E-state index is 14.8. The number of anilines is 1. The Bertz CT molecular complexity index is 1440. The second-order valence-corrected chi connectivity index (χ2v) is 8.52. The zero-order valence-corrected chi connectivity index (χ0v) is 19.0. The summed E-state index contributed by atoms with van der Waals surface area (Å²) in [6.45, 7) is 5.88. The van der Waals surface area contributed by atoms with E-state index >= 15 is 0 Å². The van der Waals surface area contributed by atoms with Crippen molar-refractivity contribution < 1.29 is 13.6 Å². The summed E-state index contributed by atoms with van der Waals surface area (Å²) < 4.78 is 28.4. The van der Waals surface area contributed by atoms with Gasteiger partial charge in [0.2, 0.25) is 5.91 Å².